The maximum Gasteiger partial charge on any atom is 0.246 e. The van der Waals surface area contributed by atoms with Crippen LogP contribution in [-0.2, 0) is 22.4 Å². The second-order valence-corrected chi connectivity index (χ2v) is 10.6. The van der Waals surface area contributed by atoms with Gasteiger partial charge >= 0.3 is 0 Å². The van der Waals surface area contributed by atoms with Crippen LogP contribution in [0.4, 0.5) is 0 Å². The smallest absolute Gasteiger partial charge is 0.246 e. The number of carbonyl (C=O) groups excluding carboxylic acids is 2. The number of ether oxygens (including phenoxy) is 5. The fourth-order valence-corrected chi connectivity index (χ4v) is 6.42. The molecule has 2 aliphatic rings. The minimum absolute atomic E-state index is 0.0148. The molecule has 43 heavy (non-hydrogen) atoms. The molecule has 224 valence electrons. The van der Waals surface area contributed by atoms with Gasteiger partial charge in [0.05, 0.1) is 48.1 Å². The van der Waals surface area contributed by atoms with E-state index in [-0.39, 0.29) is 18.4 Å². The molecule has 2 atom stereocenters. The van der Waals surface area contributed by atoms with Gasteiger partial charge < -0.3 is 38.5 Å². The summed E-state index contributed by atoms with van der Waals surface area (Å²) in [5.41, 5.74) is 4.60. The van der Waals surface area contributed by atoms with Crippen molar-refractivity contribution >= 4 is 22.7 Å². The standard InChI is InChI=1S/C33H35N3O7/c1-39-25-11-10-19(14-26(25)40-2)12-13-35-18-29(37)36-24(33(35)38)17-22-21-8-6-7-9-23(21)34-30(22)31(36)20-15-27(41-3)32(43-5)28(16-20)42-4/h6-11,14-16,24,31,34H,12-13,17-18H2,1-5H3. The fraction of sp³-hybridized carbons (Fsp3) is 0.333. The van der Waals surface area contributed by atoms with Gasteiger partial charge in [0.1, 0.15) is 6.04 Å². The van der Waals surface area contributed by atoms with Crippen LogP contribution in [0.25, 0.3) is 10.9 Å². The second kappa shape index (κ2) is 11.4. The van der Waals surface area contributed by atoms with Crippen LogP contribution in [0.1, 0.15) is 28.4 Å². The van der Waals surface area contributed by atoms with Crippen LogP contribution >= 0.6 is 0 Å². The maximum atomic E-state index is 14.1. The van der Waals surface area contributed by atoms with Crippen LogP contribution in [0, 0.1) is 0 Å². The Morgan fingerprint density at radius 3 is 2.19 bits per heavy atom. The Labute approximate surface area is 250 Å². The molecule has 6 rings (SSSR count). The molecule has 3 heterocycles. The van der Waals surface area contributed by atoms with Crippen molar-refractivity contribution in [3.8, 4) is 28.7 Å². The summed E-state index contributed by atoms with van der Waals surface area (Å²) >= 11 is 0. The van der Waals surface area contributed by atoms with E-state index in [1.165, 1.54) is 0 Å². The molecule has 2 amide bonds. The van der Waals surface area contributed by atoms with E-state index in [0.717, 1.165) is 33.3 Å². The molecule has 10 nitrogen and oxygen atoms in total. The topological polar surface area (TPSA) is 103 Å². The van der Waals surface area contributed by atoms with E-state index in [1.807, 2.05) is 48.5 Å². The predicted molar refractivity (Wildman–Crippen MR) is 160 cm³/mol. The van der Waals surface area contributed by atoms with Crippen molar-refractivity contribution in [3.63, 3.8) is 0 Å². The van der Waals surface area contributed by atoms with Crippen molar-refractivity contribution < 1.29 is 33.3 Å². The van der Waals surface area contributed by atoms with Gasteiger partial charge in [0.2, 0.25) is 17.6 Å². The Hall–Kier alpha value is -4.86. The third kappa shape index (κ3) is 4.76. The van der Waals surface area contributed by atoms with Gasteiger partial charge in [0, 0.05) is 29.6 Å². The van der Waals surface area contributed by atoms with Crippen molar-refractivity contribution in [1.29, 1.82) is 0 Å². The van der Waals surface area contributed by atoms with Gasteiger partial charge in [-0.05, 0) is 53.4 Å². The molecular weight excluding hydrogens is 550 g/mol. The van der Waals surface area contributed by atoms with Crippen molar-refractivity contribution in [2.45, 2.75) is 24.9 Å². The molecule has 0 spiro atoms. The van der Waals surface area contributed by atoms with E-state index >= 15 is 0 Å². The molecule has 0 bridgehead atoms. The molecule has 4 aromatic rings. The highest BCUT2D eigenvalue weighted by molar-refractivity contribution is 5.97. The van der Waals surface area contributed by atoms with Crippen LogP contribution in [0.15, 0.2) is 54.6 Å². The van der Waals surface area contributed by atoms with E-state index in [1.54, 1.807) is 45.3 Å². The third-order valence-electron chi connectivity index (χ3n) is 8.46. The van der Waals surface area contributed by atoms with E-state index in [9.17, 15) is 9.59 Å². The number of para-hydroxylation sites is 1. The van der Waals surface area contributed by atoms with E-state index in [0.29, 0.717) is 48.1 Å². The summed E-state index contributed by atoms with van der Waals surface area (Å²) in [6.45, 7) is 0.388. The molecule has 2 unspecified atom stereocenters. The molecule has 1 saturated heterocycles. The van der Waals surface area contributed by atoms with Crippen LogP contribution in [0.3, 0.4) is 0 Å². The molecule has 1 fully saturated rings. The van der Waals surface area contributed by atoms with Crippen LogP contribution < -0.4 is 23.7 Å². The number of nitrogens with zero attached hydrogens (tertiary/aromatic N) is 2. The molecule has 2 aliphatic heterocycles. The summed E-state index contributed by atoms with van der Waals surface area (Å²) in [5.74, 6) is 2.47. The van der Waals surface area contributed by atoms with Crippen molar-refractivity contribution in [2.24, 2.45) is 0 Å². The lowest BCUT2D eigenvalue weighted by atomic mass is 9.86. The highest BCUT2D eigenvalue weighted by Crippen LogP contribution is 2.47. The number of amides is 2. The van der Waals surface area contributed by atoms with Gasteiger partial charge in [-0.1, -0.05) is 24.3 Å². The number of fused-ring (bicyclic) bond motifs is 4. The fourth-order valence-electron chi connectivity index (χ4n) is 6.42. The van der Waals surface area contributed by atoms with Crippen molar-refractivity contribution in [2.75, 3.05) is 48.6 Å². The number of rotatable bonds is 9. The minimum atomic E-state index is -0.664. The summed E-state index contributed by atoms with van der Waals surface area (Å²) < 4.78 is 27.7. The normalized spacial score (nSPS) is 17.9. The van der Waals surface area contributed by atoms with E-state index in [2.05, 4.69) is 11.1 Å². The molecule has 0 aliphatic carbocycles. The summed E-state index contributed by atoms with van der Waals surface area (Å²) in [6, 6.07) is 16.2. The summed E-state index contributed by atoms with van der Waals surface area (Å²) in [7, 11) is 7.86. The molecular formula is C33H35N3O7. The number of hydrogen-bond donors (Lipinski definition) is 1. The lowest BCUT2D eigenvalue weighted by Crippen LogP contribution is -2.63. The van der Waals surface area contributed by atoms with Crippen LogP contribution in [0.2, 0.25) is 0 Å². The van der Waals surface area contributed by atoms with Crippen LogP contribution in [-0.4, -0.2) is 81.3 Å². The summed E-state index contributed by atoms with van der Waals surface area (Å²) in [6.07, 6.45) is 0.985. The number of carbonyl (C=O) groups is 2. The van der Waals surface area contributed by atoms with Crippen LogP contribution in [0.5, 0.6) is 28.7 Å². The first-order valence-corrected chi connectivity index (χ1v) is 14.1. The average Bonchev–Trinajstić information content (AvgIpc) is 3.42. The Kier molecular flexibility index (Phi) is 7.52. The molecule has 1 N–H and O–H groups in total. The molecule has 0 saturated carbocycles. The zero-order valence-corrected chi connectivity index (χ0v) is 24.9. The van der Waals surface area contributed by atoms with Gasteiger partial charge in [-0.25, -0.2) is 0 Å². The zero-order valence-electron chi connectivity index (χ0n) is 24.9. The number of hydrogen-bond acceptors (Lipinski definition) is 7. The van der Waals surface area contributed by atoms with Gasteiger partial charge in [-0.15, -0.1) is 0 Å². The number of aromatic amines is 1. The van der Waals surface area contributed by atoms with Gasteiger partial charge in [0.15, 0.2) is 23.0 Å². The maximum absolute atomic E-state index is 14.1. The van der Waals surface area contributed by atoms with E-state index < -0.39 is 12.1 Å². The number of nitrogens with one attached hydrogen (secondary N) is 1. The predicted octanol–water partition coefficient (Wildman–Crippen LogP) is 4.14. The van der Waals surface area contributed by atoms with Gasteiger partial charge in [-0.3, -0.25) is 9.59 Å². The Balaban J connectivity index is 1.39. The van der Waals surface area contributed by atoms with Crippen molar-refractivity contribution in [3.05, 3.63) is 77.0 Å². The van der Waals surface area contributed by atoms with Crippen molar-refractivity contribution in [1.82, 2.24) is 14.8 Å². The summed E-state index contributed by atoms with van der Waals surface area (Å²) in [5, 5.41) is 1.04. The second-order valence-electron chi connectivity index (χ2n) is 10.6. The van der Waals surface area contributed by atoms with Gasteiger partial charge in [-0.2, -0.15) is 0 Å². The first kappa shape index (κ1) is 28.3. The van der Waals surface area contributed by atoms with E-state index in [4.69, 9.17) is 23.7 Å². The molecule has 10 heteroatoms. The number of benzene rings is 3. The highest BCUT2D eigenvalue weighted by Gasteiger charge is 2.48. The zero-order chi connectivity index (χ0) is 30.2. The largest absolute Gasteiger partial charge is 0.493 e. The highest BCUT2D eigenvalue weighted by atomic mass is 16.5. The quantitative estimate of drug-likeness (QED) is 0.315. The number of methoxy groups -OCH3 is 5. The first-order chi connectivity index (χ1) is 20.9. The lowest BCUT2D eigenvalue weighted by molar-refractivity contribution is -0.158. The SMILES string of the molecule is COc1ccc(CCN2CC(=O)N3C(Cc4c([nH]c5ccccc45)C3c3cc(OC)c(OC)c(OC)c3)C2=O)cc1OC. The Morgan fingerprint density at radius 2 is 1.51 bits per heavy atom. The number of piperazine rings is 1. The third-order valence-corrected chi connectivity index (χ3v) is 8.46. The average molecular weight is 586 g/mol. The Morgan fingerprint density at radius 1 is 0.814 bits per heavy atom. The molecule has 0 radical (unpaired) electrons. The summed E-state index contributed by atoms with van der Waals surface area (Å²) in [4.78, 5) is 35.1. The minimum Gasteiger partial charge on any atom is -0.493 e. The number of H-pyrrole nitrogens is 1. The van der Waals surface area contributed by atoms with Gasteiger partial charge in [0.25, 0.3) is 0 Å². The number of aromatic nitrogens is 1. The molecule has 1 aromatic heterocycles. The Bertz CT molecular complexity index is 1670. The monoisotopic (exact) mass is 585 g/mol. The molecule has 3 aromatic carbocycles. The lowest BCUT2D eigenvalue weighted by Gasteiger charge is -2.47. The first-order valence-electron chi connectivity index (χ1n) is 14.1.